The molecule has 0 N–H and O–H groups in total. The van der Waals surface area contributed by atoms with Crippen LogP contribution in [0.4, 0.5) is 0 Å². The Bertz CT molecular complexity index is 794. The van der Waals surface area contributed by atoms with Crippen LogP contribution in [0.2, 0.25) is 0 Å². The molecule has 3 rings (SSSR count). The van der Waals surface area contributed by atoms with Crippen LogP contribution in [0.1, 0.15) is 49.9 Å². The van der Waals surface area contributed by atoms with Gasteiger partial charge in [0, 0.05) is 30.0 Å². The Labute approximate surface area is 158 Å². The van der Waals surface area contributed by atoms with Gasteiger partial charge in [0.05, 0.1) is 7.11 Å². The molecule has 1 aliphatic rings. The molecule has 24 heavy (non-hydrogen) atoms. The SMILES string of the molecule is COc1c(C(C)(C)C)cc2c(c1-c1ccccc1C)C=C(C)C2.[Li]. The number of fused-ring (bicyclic) bond motifs is 1. The van der Waals surface area contributed by atoms with E-state index < -0.39 is 0 Å². The van der Waals surface area contributed by atoms with Gasteiger partial charge in [0.25, 0.3) is 0 Å². The molecule has 0 saturated heterocycles. The Morgan fingerprint density at radius 1 is 1.04 bits per heavy atom. The first-order valence-electron chi connectivity index (χ1n) is 8.30. The summed E-state index contributed by atoms with van der Waals surface area (Å²) >= 11 is 0. The minimum atomic E-state index is 0. The molecule has 0 unspecified atom stereocenters. The molecule has 0 aromatic heterocycles. The molecule has 121 valence electrons. The Kier molecular flexibility index (Phi) is 5.38. The predicted molar refractivity (Wildman–Crippen MR) is 105 cm³/mol. The van der Waals surface area contributed by atoms with Gasteiger partial charge in [0.2, 0.25) is 0 Å². The minimum absolute atomic E-state index is 0. The molecule has 0 amide bonds. The van der Waals surface area contributed by atoms with Crippen molar-refractivity contribution in [2.45, 2.75) is 46.5 Å². The molecular formula is C22H26LiO. The van der Waals surface area contributed by atoms with Crippen LogP contribution in [0, 0.1) is 6.92 Å². The van der Waals surface area contributed by atoms with Crippen LogP contribution in [-0.4, -0.2) is 26.0 Å². The number of ether oxygens (including phenoxy) is 1. The van der Waals surface area contributed by atoms with E-state index in [4.69, 9.17) is 4.74 Å². The fourth-order valence-electron chi connectivity index (χ4n) is 3.53. The van der Waals surface area contributed by atoms with Crippen LogP contribution in [-0.2, 0) is 11.8 Å². The third kappa shape index (κ3) is 3.21. The Hall–Kier alpha value is -1.42. The Balaban J connectivity index is 0.00000208. The monoisotopic (exact) mass is 313 g/mol. The molecule has 0 bridgehead atoms. The van der Waals surface area contributed by atoms with Crippen LogP contribution in [0.15, 0.2) is 35.9 Å². The first-order chi connectivity index (χ1) is 10.8. The molecule has 0 spiro atoms. The molecule has 0 aliphatic heterocycles. The zero-order chi connectivity index (χ0) is 16.8. The third-order valence-electron chi connectivity index (χ3n) is 4.69. The van der Waals surface area contributed by atoms with Crippen LogP contribution >= 0.6 is 0 Å². The average molecular weight is 313 g/mol. The van der Waals surface area contributed by atoms with Gasteiger partial charge >= 0.3 is 0 Å². The average Bonchev–Trinajstić information content (AvgIpc) is 2.85. The standard InChI is InChI=1S/C22H26O.Li/c1-14-11-16-13-19(22(3,4)5)21(23-6)20(18(16)12-14)17-10-8-7-9-15(17)2;/h7-10,12-13H,11H2,1-6H3;. The fraction of sp³-hybridized carbons (Fsp3) is 0.364. The van der Waals surface area contributed by atoms with Crippen LogP contribution in [0.3, 0.4) is 0 Å². The summed E-state index contributed by atoms with van der Waals surface area (Å²) in [5, 5.41) is 0. The zero-order valence-corrected chi connectivity index (χ0v) is 16.1. The molecule has 2 aromatic carbocycles. The first kappa shape index (κ1) is 18.9. The van der Waals surface area contributed by atoms with Crippen molar-refractivity contribution >= 4 is 24.9 Å². The van der Waals surface area contributed by atoms with Crippen LogP contribution < -0.4 is 4.74 Å². The maximum Gasteiger partial charge on any atom is 0.131 e. The number of rotatable bonds is 2. The molecule has 2 heteroatoms. The second-order valence-corrected chi connectivity index (χ2v) is 7.64. The van der Waals surface area contributed by atoms with Crippen molar-refractivity contribution in [3.8, 4) is 16.9 Å². The summed E-state index contributed by atoms with van der Waals surface area (Å²) in [4.78, 5) is 0. The summed E-state index contributed by atoms with van der Waals surface area (Å²) in [6.45, 7) is 11.2. The predicted octanol–water partition coefficient (Wildman–Crippen LogP) is 5.55. The van der Waals surface area contributed by atoms with Gasteiger partial charge in [-0.25, -0.2) is 0 Å². The van der Waals surface area contributed by atoms with Gasteiger partial charge in [-0.2, -0.15) is 0 Å². The minimum Gasteiger partial charge on any atom is -0.496 e. The molecule has 0 saturated carbocycles. The van der Waals surface area contributed by atoms with Gasteiger partial charge in [-0.3, -0.25) is 0 Å². The maximum absolute atomic E-state index is 5.94. The number of methoxy groups -OCH3 is 1. The molecule has 1 radical (unpaired) electrons. The summed E-state index contributed by atoms with van der Waals surface area (Å²) in [7, 11) is 1.80. The van der Waals surface area contributed by atoms with Crippen LogP contribution in [0.25, 0.3) is 17.2 Å². The second kappa shape index (κ2) is 6.83. The maximum atomic E-state index is 5.94. The van der Waals surface area contributed by atoms with E-state index in [9.17, 15) is 0 Å². The zero-order valence-electron chi connectivity index (χ0n) is 16.1. The van der Waals surface area contributed by atoms with Gasteiger partial charge in [0.1, 0.15) is 5.75 Å². The van der Waals surface area contributed by atoms with E-state index in [0.29, 0.717) is 0 Å². The summed E-state index contributed by atoms with van der Waals surface area (Å²) in [6.07, 6.45) is 3.37. The Morgan fingerprint density at radius 2 is 1.71 bits per heavy atom. The van der Waals surface area contributed by atoms with Crippen molar-refractivity contribution in [1.82, 2.24) is 0 Å². The summed E-state index contributed by atoms with van der Waals surface area (Å²) in [6, 6.07) is 10.9. The fourth-order valence-corrected chi connectivity index (χ4v) is 3.53. The van der Waals surface area contributed by atoms with E-state index in [-0.39, 0.29) is 24.3 Å². The molecule has 1 aliphatic carbocycles. The number of aryl methyl sites for hydroxylation is 1. The number of allylic oxidation sites excluding steroid dienone is 1. The summed E-state index contributed by atoms with van der Waals surface area (Å²) < 4.78 is 5.94. The smallest absolute Gasteiger partial charge is 0.131 e. The summed E-state index contributed by atoms with van der Waals surface area (Å²) in [5.74, 6) is 1.02. The van der Waals surface area contributed by atoms with Crippen molar-refractivity contribution < 1.29 is 4.74 Å². The van der Waals surface area contributed by atoms with Crippen molar-refractivity contribution in [1.29, 1.82) is 0 Å². The van der Waals surface area contributed by atoms with E-state index in [1.165, 1.54) is 39.0 Å². The normalized spacial score (nSPS) is 13.2. The first-order valence-corrected chi connectivity index (χ1v) is 8.30. The second-order valence-electron chi connectivity index (χ2n) is 7.64. The van der Waals surface area contributed by atoms with Crippen molar-refractivity contribution in [2.75, 3.05) is 7.11 Å². The van der Waals surface area contributed by atoms with Gasteiger partial charge in [0.15, 0.2) is 0 Å². The van der Waals surface area contributed by atoms with Crippen LogP contribution in [0.5, 0.6) is 5.75 Å². The Morgan fingerprint density at radius 3 is 2.29 bits per heavy atom. The molecule has 0 atom stereocenters. The molecule has 0 heterocycles. The number of hydrogen-bond donors (Lipinski definition) is 0. The van der Waals surface area contributed by atoms with Gasteiger partial charge in [-0.1, -0.05) is 62.8 Å². The molecular weight excluding hydrogens is 287 g/mol. The van der Waals surface area contributed by atoms with Crippen molar-refractivity contribution in [3.63, 3.8) is 0 Å². The summed E-state index contributed by atoms with van der Waals surface area (Å²) in [5.41, 5.74) is 9.34. The van der Waals surface area contributed by atoms with Gasteiger partial charge in [-0.05, 0) is 47.9 Å². The van der Waals surface area contributed by atoms with E-state index >= 15 is 0 Å². The van der Waals surface area contributed by atoms with E-state index in [0.717, 1.165) is 12.2 Å². The van der Waals surface area contributed by atoms with Crippen molar-refractivity contribution in [2.24, 2.45) is 0 Å². The molecule has 1 nitrogen and oxygen atoms in total. The number of hydrogen-bond acceptors (Lipinski definition) is 1. The van der Waals surface area contributed by atoms with Gasteiger partial charge < -0.3 is 4.74 Å². The number of benzene rings is 2. The van der Waals surface area contributed by atoms with E-state index in [1.54, 1.807) is 7.11 Å². The molecule has 0 fully saturated rings. The largest absolute Gasteiger partial charge is 0.496 e. The molecule has 2 aromatic rings. The third-order valence-corrected chi connectivity index (χ3v) is 4.69. The topological polar surface area (TPSA) is 9.23 Å². The van der Waals surface area contributed by atoms with Crippen molar-refractivity contribution in [3.05, 3.63) is 58.2 Å². The van der Waals surface area contributed by atoms with E-state index in [2.05, 4.69) is 71.0 Å². The van der Waals surface area contributed by atoms with E-state index in [1.807, 2.05) is 0 Å². The quantitative estimate of drug-likeness (QED) is 0.661. The van der Waals surface area contributed by atoms with Gasteiger partial charge in [-0.15, -0.1) is 0 Å².